The van der Waals surface area contributed by atoms with Crippen LogP contribution in [0, 0.1) is 5.92 Å². The Hall–Kier alpha value is -2.17. The first-order valence-electron chi connectivity index (χ1n) is 6.94. The standard InChI is InChI=1S/C15H17N3O2/c19-15(20)10-5-7-11(8-6-10)17-14-9-16-18-13-4-2-1-3-12(13)14/h1-4,9-11H,5-8H2,(H,17,18)(H,19,20). The molecule has 2 N–H and O–H groups in total. The van der Waals surface area contributed by atoms with Gasteiger partial charge in [-0.2, -0.15) is 10.2 Å². The normalized spacial score (nSPS) is 22.6. The molecule has 0 bridgehead atoms. The van der Waals surface area contributed by atoms with Crippen LogP contribution in [0.1, 0.15) is 25.7 Å². The quantitative estimate of drug-likeness (QED) is 0.897. The van der Waals surface area contributed by atoms with E-state index < -0.39 is 5.97 Å². The summed E-state index contributed by atoms with van der Waals surface area (Å²) < 4.78 is 0. The molecule has 1 aliphatic rings. The van der Waals surface area contributed by atoms with E-state index in [9.17, 15) is 4.79 Å². The summed E-state index contributed by atoms with van der Waals surface area (Å²) in [5, 5.41) is 21.7. The molecule has 0 unspecified atom stereocenters. The molecule has 1 saturated carbocycles. The zero-order chi connectivity index (χ0) is 13.9. The van der Waals surface area contributed by atoms with Gasteiger partial charge in [-0.1, -0.05) is 18.2 Å². The zero-order valence-corrected chi connectivity index (χ0v) is 11.1. The van der Waals surface area contributed by atoms with Gasteiger partial charge in [0.25, 0.3) is 0 Å². The summed E-state index contributed by atoms with van der Waals surface area (Å²) in [6, 6.07) is 8.21. The minimum atomic E-state index is -0.667. The number of carboxylic acid groups (broad SMARTS) is 1. The van der Waals surface area contributed by atoms with Crippen molar-refractivity contribution in [2.24, 2.45) is 5.92 Å². The van der Waals surface area contributed by atoms with Gasteiger partial charge in [-0.15, -0.1) is 0 Å². The van der Waals surface area contributed by atoms with Gasteiger partial charge in [0, 0.05) is 11.4 Å². The first-order chi connectivity index (χ1) is 9.74. The van der Waals surface area contributed by atoms with Crippen molar-refractivity contribution in [3.05, 3.63) is 30.5 Å². The summed E-state index contributed by atoms with van der Waals surface area (Å²) in [6.07, 6.45) is 4.99. The molecule has 1 aromatic heterocycles. The third-order valence-electron chi connectivity index (χ3n) is 3.98. The average molecular weight is 271 g/mol. The molecule has 2 aromatic rings. The van der Waals surface area contributed by atoms with Crippen LogP contribution in [-0.4, -0.2) is 27.3 Å². The van der Waals surface area contributed by atoms with Gasteiger partial charge in [0.05, 0.1) is 23.3 Å². The van der Waals surface area contributed by atoms with Gasteiger partial charge in [0.2, 0.25) is 0 Å². The third kappa shape index (κ3) is 2.57. The number of fused-ring (bicyclic) bond motifs is 1. The molecule has 0 aliphatic heterocycles. The fourth-order valence-corrected chi connectivity index (χ4v) is 2.83. The van der Waals surface area contributed by atoms with Crippen molar-refractivity contribution in [3.63, 3.8) is 0 Å². The number of hydrogen-bond donors (Lipinski definition) is 2. The van der Waals surface area contributed by atoms with Crippen LogP contribution in [0.5, 0.6) is 0 Å². The lowest BCUT2D eigenvalue weighted by molar-refractivity contribution is -0.142. The summed E-state index contributed by atoms with van der Waals surface area (Å²) in [6.45, 7) is 0. The summed E-state index contributed by atoms with van der Waals surface area (Å²) in [4.78, 5) is 11.0. The predicted octanol–water partition coefficient (Wildman–Crippen LogP) is 2.69. The van der Waals surface area contributed by atoms with Crippen molar-refractivity contribution in [2.75, 3.05) is 5.32 Å². The van der Waals surface area contributed by atoms with Crippen LogP contribution in [0.15, 0.2) is 30.5 Å². The van der Waals surface area contributed by atoms with Crippen molar-refractivity contribution < 1.29 is 9.90 Å². The van der Waals surface area contributed by atoms with Crippen molar-refractivity contribution in [1.82, 2.24) is 10.2 Å². The number of aliphatic carboxylic acids is 1. The second-order valence-electron chi connectivity index (χ2n) is 5.31. The number of carbonyl (C=O) groups is 1. The predicted molar refractivity (Wildman–Crippen MR) is 76.5 cm³/mol. The number of anilines is 1. The molecular formula is C15H17N3O2. The first kappa shape index (κ1) is 12.8. The summed E-state index contributed by atoms with van der Waals surface area (Å²) >= 11 is 0. The molecule has 0 amide bonds. The Morgan fingerprint density at radius 1 is 1.20 bits per heavy atom. The topological polar surface area (TPSA) is 75.1 Å². The van der Waals surface area contributed by atoms with Crippen LogP contribution in [0.3, 0.4) is 0 Å². The molecule has 5 heteroatoms. The van der Waals surface area contributed by atoms with Crippen LogP contribution >= 0.6 is 0 Å². The number of hydrogen-bond acceptors (Lipinski definition) is 4. The molecule has 0 saturated heterocycles. The van der Waals surface area contributed by atoms with E-state index in [1.54, 1.807) is 6.20 Å². The lowest BCUT2D eigenvalue weighted by Gasteiger charge is -2.27. The number of rotatable bonds is 3. The van der Waals surface area contributed by atoms with E-state index in [0.29, 0.717) is 6.04 Å². The minimum absolute atomic E-state index is 0.180. The van der Waals surface area contributed by atoms with Crippen LogP contribution in [0.2, 0.25) is 0 Å². The van der Waals surface area contributed by atoms with E-state index in [0.717, 1.165) is 42.3 Å². The molecule has 1 aliphatic carbocycles. The number of nitrogens with one attached hydrogen (secondary N) is 1. The molecule has 20 heavy (non-hydrogen) atoms. The largest absolute Gasteiger partial charge is 0.481 e. The highest BCUT2D eigenvalue weighted by molar-refractivity contribution is 5.90. The molecule has 104 valence electrons. The third-order valence-corrected chi connectivity index (χ3v) is 3.98. The monoisotopic (exact) mass is 271 g/mol. The van der Waals surface area contributed by atoms with Crippen LogP contribution in [0.4, 0.5) is 5.69 Å². The number of aromatic nitrogens is 2. The first-order valence-corrected chi connectivity index (χ1v) is 6.94. The lowest BCUT2D eigenvalue weighted by Crippen LogP contribution is -2.29. The maximum atomic E-state index is 11.0. The maximum Gasteiger partial charge on any atom is 0.306 e. The van der Waals surface area contributed by atoms with Gasteiger partial charge >= 0.3 is 5.97 Å². The Morgan fingerprint density at radius 2 is 1.95 bits per heavy atom. The van der Waals surface area contributed by atoms with Gasteiger partial charge < -0.3 is 10.4 Å². The van der Waals surface area contributed by atoms with Crippen molar-refractivity contribution in [1.29, 1.82) is 0 Å². The molecule has 0 atom stereocenters. The number of benzene rings is 1. The summed E-state index contributed by atoms with van der Waals surface area (Å²) in [7, 11) is 0. The highest BCUT2D eigenvalue weighted by Crippen LogP contribution is 2.28. The molecule has 5 nitrogen and oxygen atoms in total. The van der Waals surface area contributed by atoms with E-state index in [1.165, 1.54) is 0 Å². The van der Waals surface area contributed by atoms with E-state index >= 15 is 0 Å². The van der Waals surface area contributed by atoms with Crippen LogP contribution in [-0.2, 0) is 4.79 Å². The van der Waals surface area contributed by atoms with E-state index in [1.807, 2.05) is 24.3 Å². The summed E-state index contributed by atoms with van der Waals surface area (Å²) in [5.41, 5.74) is 1.85. The van der Waals surface area contributed by atoms with E-state index in [4.69, 9.17) is 5.11 Å². The Balaban J connectivity index is 1.73. The maximum absolute atomic E-state index is 11.0. The van der Waals surface area contributed by atoms with Crippen molar-refractivity contribution >= 4 is 22.6 Å². The van der Waals surface area contributed by atoms with Gasteiger partial charge in [-0.3, -0.25) is 4.79 Å². The van der Waals surface area contributed by atoms with Crippen molar-refractivity contribution in [2.45, 2.75) is 31.7 Å². The number of nitrogens with zero attached hydrogens (tertiary/aromatic N) is 2. The molecule has 1 aromatic carbocycles. The van der Waals surface area contributed by atoms with Gasteiger partial charge in [-0.25, -0.2) is 0 Å². The fraction of sp³-hybridized carbons (Fsp3) is 0.400. The Morgan fingerprint density at radius 3 is 2.70 bits per heavy atom. The van der Waals surface area contributed by atoms with Gasteiger partial charge in [-0.05, 0) is 31.7 Å². The second-order valence-corrected chi connectivity index (χ2v) is 5.31. The van der Waals surface area contributed by atoms with E-state index in [2.05, 4.69) is 15.5 Å². The minimum Gasteiger partial charge on any atom is -0.481 e. The number of carboxylic acids is 1. The Kier molecular flexibility index (Phi) is 3.50. The second kappa shape index (κ2) is 5.45. The highest BCUT2D eigenvalue weighted by atomic mass is 16.4. The molecule has 3 rings (SSSR count). The van der Waals surface area contributed by atoms with Gasteiger partial charge in [0.15, 0.2) is 0 Å². The van der Waals surface area contributed by atoms with Crippen molar-refractivity contribution in [3.8, 4) is 0 Å². The van der Waals surface area contributed by atoms with E-state index in [-0.39, 0.29) is 5.92 Å². The SMILES string of the molecule is O=C(O)C1CCC(Nc2cnnc3ccccc23)CC1. The summed E-state index contributed by atoms with van der Waals surface area (Å²) in [5.74, 6) is -0.847. The fourth-order valence-electron chi connectivity index (χ4n) is 2.83. The zero-order valence-electron chi connectivity index (χ0n) is 11.1. The molecule has 0 spiro atoms. The van der Waals surface area contributed by atoms with Crippen LogP contribution < -0.4 is 5.32 Å². The lowest BCUT2D eigenvalue weighted by atomic mass is 9.86. The smallest absolute Gasteiger partial charge is 0.306 e. The molecule has 1 fully saturated rings. The van der Waals surface area contributed by atoms with Gasteiger partial charge in [0.1, 0.15) is 0 Å². The molecule has 0 radical (unpaired) electrons. The Bertz CT molecular complexity index is 616. The van der Waals surface area contributed by atoms with Crippen LogP contribution in [0.25, 0.3) is 10.9 Å². The molecule has 1 heterocycles. The highest BCUT2D eigenvalue weighted by Gasteiger charge is 2.26. The Labute approximate surface area is 117 Å². The average Bonchev–Trinajstić information content (AvgIpc) is 2.48. The molecular weight excluding hydrogens is 254 g/mol.